The van der Waals surface area contributed by atoms with E-state index in [4.69, 9.17) is 9.73 Å². The number of nitrogens with zero attached hydrogens (tertiary/aromatic N) is 3. The van der Waals surface area contributed by atoms with Crippen LogP contribution < -0.4 is 15.9 Å². The van der Waals surface area contributed by atoms with Gasteiger partial charge in [0.25, 0.3) is 5.91 Å². The summed E-state index contributed by atoms with van der Waals surface area (Å²) in [6, 6.07) is 14.4. The van der Waals surface area contributed by atoms with Gasteiger partial charge >= 0.3 is 5.97 Å². The highest BCUT2D eigenvalue weighted by atomic mass is 32.2. The van der Waals surface area contributed by atoms with Crippen molar-refractivity contribution in [1.29, 1.82) is 0 Å². The monoisotopic (exact) mass is 380 g/mol. The molecule has 0 aromatic heterocycles. The van der Waals surface area contributed by atoms with Gasteiger partial charge in [0, 0.05) is 5.22 Å². The molecule has 27 heavy (non-hydrogen) atoms. The number of hydrogen-bond donors (Lipinski definition) is 1. The molecule has 0 radical (unpaired) electrons. The van der Waals surface area contributed by atoms with Crippen LogP contribution >= 0.6 is 11.8 Å². The lowest BCUT2D eigenvalue weighted by molar-refractivity contribution is -0.116. The first kappa shape index (κ1) is 17.3. The Labute approximate surface area is 159 Å². The van der Waals surface area contributed by atoms with Crippen molar-refractivity contribution < 1.29 is 14.3 Å². The van der Waals surface area contributed by atoms with Gasteiger partial charge in [-0.05, 0) is 30.0 Å². The molecule has 0 saturated heterocycles. The lowest BCUT2D eigenvalue weighted by atomic mass is 10.1. The molecular formula is C19H16N4O3S. The van der Waals surface area contributed by atoms with Crippen molar-refractivity contribution in [3.63, 3.8) is 0 Å². The van der Waals surface area contributed by atoms with Crippen molar-refractivity contribution in [2.24, 2.45) is 10.1 Å². The number of rotatable bonds is 2. The number of para-hydroxylation sites is 1. The number of carbonyl (C=O) groups excluding carboxylic acids is 2. The third-order valence-electron chi connectivity index (χ3n) is 4.34. The molecule has 0 fully saturated rings. The zero-order valence-electron chi connectivity index (χ0n) is 14.7. The van der Waals surface area contributed by atoms with Crippen molar-refractivity contribution in [3.05, 3.63) is 70.2 Å². The maximum Gasteiger partial charge on any atom is 0.337 e. The third kappa shape index (κ3) is 2.97. The number of carbonyl (C=O) groups is 2. The molecule has 1 atom stereocenters. The van der Waals surface area contributed by atoms with Crippen LogP contribution in [0.4, 0.5) is 0 Å². The number of methoxy groups -OCH3 is 1. The zero-order valence-corrected chi connectivity index (χ0v) is 15.5. The van der Waals surface area contributed by atoms with E-state index in [0.717, 1.165) is 16.1 Å². The first-order valence-electron chi connectivity index (χ1n) is 8.21. The number of amidine groups is 1. The number of ether oxygens (including phenoxy) is 1. The molecule has 2 aliphatic heterocycles. The molecule has 136 valence electrons. The van der Waals surface area contributed by atoms with Gasteiger partial charge < -0.3 is 4.74 Å². The quantitative estimate of drug-likeness (QED) is 0.786. The maximum atomic E-state index is 12.7. The van der Waals surface area contributed by atoms with E-state index in [-0.39, 0.29) is 5.91 Å². The summed E-state index contributed by atoms with van der Waals surface area (Å²) in [7, 11) is 1.34. The molecule has 4 rings (SSSR count). The van der Waals surface area contributed by atoms with E-state index in [1.165, 1.54) is 18.9 Å². The van der Waals surface area contributed by atoms with E-state index < -0.39 is 12.1 Å². The predicted octanol–water partition coefficient (Wildman–Crippen LogP) is 0.979. The molecule has 7 nitrogen and oxygen atoms in total. The van der Waals surface area contributed by atoms with Gasteiger partial charge in [0.1, 0.15) is 5.70 Å². The Kier molecular flexibility index (Phi) is 4.41. The number of hydrogen-bond acceptors (Lipinski definition) is 7. The Morgan fingerprint density at radius 3 is 2.63 bits per heavy atom. The van der Waals surface area contributed by atoms with E-state index in [2.05, 4.69) is 10.4 Å². The highest BCUT2D eigenvalue weighted by Gasteiger charge is 2.34. The molecule has 0 spiro atoms. The predicted molar refractivity (Wildman–Crippen MR) is 102 cm³/mol. The molecule has 2 aromatic carbocycles. The van der Waals surface area contributed by atoms with Gasteiger partial charge in [0.05, 0.1) is 18.0 Å². The van der Waals surface area contributed by atoms with Crippen LogP contribution in [0.3, 0.4) is 0 Å². The lowest BCUT2D eigenvalue weighted by Crippen LogP contribution is -2.50. The smallest absolute Gasteiger partial charge is 0.337 e. The van der Waals surface area contributed by atoms with Crippen LogP contribution in [0.5, 0.6) is 0 Å². The summed E-state index contributed by atoms with van der Waals surface area (Å²) in [5, 5.41) is 11.0. The van der Waals surface area contributed by atoms with Crippen molar-refractivity contribution in [3.8, 4) is 0 Å². The Hall–Kier alpha value is -3.13. The number of benzene rings is 2. The number of amides is 1. The van der Waals surface area contributed by atoms with Crippen molar-refractivity contribution in [2.45, 2.75) is 6.17 Å². The first-order valence-corrected chi connectivity index (χ1v) is 9.43. The molecule has 2 aromatic rings. The van der Waals surface area contributed by atoms with E-state index in [0.29, 0.717) is 16.4 Å². The standard InChI is InChI=1S/C19H16N4O3S/c1-26-18(25)12-9-7-11(8-10-12)16-20-14-6-4-3-5-13(14)15-17(24)21-19(27-2)22-23(15)16/h3-10,16H,1-2H3,(H,21,22,24)/t16-/m0/s1. The van der Waals surface area contributed by atoms with E-state index in [9.17, 15) is 9.59 Å². The summed E-state index contributed by atoms with van der Waals surface area (Å²) in [5.74, 6) is -0.618. The van der Waals surface area contributed by atoms with Crippen LogP contribution in [-0.2, 0) is 9.53 Å². The average molecular weight is 380 g/mol. The van der Waals surface area contributed by atoms with Gasteiger partial charge in [0.2, 0.25) is 0 Å². The largest absolute Gasteiger partial charge is 0.465 e. The maximum absolute atomic E-state index is 12.7. The van der Waals surface area contributed by atoms with Crippen LogP contribution in [0.2, 0.25) is 0 Å². The molecule has 2 heterocycles. The third-order valence-corrected chi connectivity index (χ3v) is 4.91. The van der Waals surface area contributed by atoms with Gasteiger partial charge in [-0.2, -0.15) is 0 Å². The second kappa shape index (κ2) is 6.88. The van der Waals surface area contributed by atoms with Crippen molar-refractivity contribution in [1.82, 2.24) is 10.3 Å². The summed E-state index contributed by atoms with van der Waals surface area (Å²) in [4.78, 5) is 29.2. The van der Waals surface area contributed by atoms with Crippen LogP contribution in [-0.4, -0.2) is 35.4 Å². The van der Waals surface area contributed by atoms with Crippen LogP contribution in [0, 0.1) is 0 Å². The highest BCUT2D eigenvalue weighted by molar-refractivity contribution is 8.13. The molecular weight excluding hydrogens is 364 g/mol. The molecule has 0 aliphatic carbocycles. The Morgan fingerprint density at radius 1 is 1.19 bits per heavy atom. The summed E-state index contributed by atoms with van der Waals surface area (Å²) < 4.78 is 4.74. The summed E-state index contributed by atoms with van der Waals surface area (Å²) in [6.45, 7) is 0. The molecule has 2 aliphatic rings. The van der Waals surface area contributed by atoms with Gasteiger partial charge in [-0.15, -0.1) is 5.10 Å². The van der Waals surface area contributed by atoms with Gasteiger partial charge in [-0.1, -0.05) is 42.1 Å². The average Bonchev–Trinajstić information content (AvgIpc) is 2.72. The fourth-order valence-corrected chi connectivity index (χ4v) is 3.41. The lowest BCUT2D eigenvalue weighted by Gasteiger charge is -2.33. The van der Waals surface area contributed by atoms with Gasteiger partial charge in [-0.25, -0.2) is 9.80 Å². The molecule has 0 saturated carbocycles. The number of nitrogens with one attached hydrogen (secondary N) is 1. The highest BCUT2D eigenvalue weighted by Crippen LogP contribution is 2.30. The van der Waals surface area contributed by atoms with Crippen molar-refractivity contribution in [2.75, 3.05) is 13.4 Å². The van der Waals surface area contributed by atoms with Crippen LogP contribution in [0.15, 0.2) is 58.6 Å². The fraction of sp³-hybridized carbons (Fsp3) is 0.158. The number of thioether (sulfide) groups is 1. The van der Waals surface area contributed by atoms with Crippen molar-refractivity contribution >= 4 is 34.5 Å². The summed E-state index contributed by atoms with van der Waals surface area (Å²) in [5.41, 5.74) is 1.72. The Balaban J connectivity index is 1.87. The van der Waals surface area contributed by atoms with Gasteiger partial charge in [-0.3, -0.25) is 15.1 Å². The zero-order chi connectivity index (χ0) is 19.0. The minimum atomic E-state index is -0.505. The minimum absolute atomic E-state index is 0.215. The topological polar surface area (TPSA) is 83.4 Å². The van der Waals surface area contributed by atoms with Gasteiger partial charge in [0.15, 0.2) is 11.3 Å². The second-order valence-electron chi connectivity index (χ2n) is 5.89. The summed E-state index contributed by atoms with van der Waals surface area (Å²) >= 11 is 1.35. The van der Waals surface area contributed by atoms with Crippen LogP contribution in [0.25, 0.3) is 5.70 Å². The van der Waals surface area contributed by atoms with E-state index in [1.807, 2.05) is 30.5 Å². The number of esters is 1. The van der Waals surface area contributed by atoms with Crippen LogP contribution in [0.1, 0.15) is 22.1 Å². The molecule has 1 amide bonds. The molecule has 1 N–H and O–H groups in total. The number of hydrazone groups is 1. The minimum Gasteiger partial charge on any atom is -0.465 e. The molecule has 8 heteroatoms. The number of fused-ring (bicyclic) bond motifs is 2. The second-order valence-corrected chi connectivity index (χ2v) is 6.69. The SMILES string of the molecule is COC(=O)c1ccc([C@H]2N=c3ccccc3=C3C(=O)NC(SC)=NN32)cc1. The van der Waals surface area contributed by atoms with E-state index >= 15 is 0 Å². The Bertz CT molecular complexity index is 1080. The fourth-order valence-electron chi connectivity index (χ4n) is 3.05. The van der Waals surface area contributed by atoms with E-state index in [1.54, 1.807) is 29.3 Å². The normalized spacial score (nSPS) is 17.9. The Morgan fingerprint density at radius 2 is 1.93 bits per heavy atom. The molecule has 0 bridgehead atoms. The summed E-state index contributed by atoms with van der Waals surface area (Å²) in [6.07, 6.45) is 1.34. The molecule has 0 unspecified atom stereocenters. The first-order chi connectivity index (χ1) is 13.1.